The summed E-state index contributed by atoms with van der Waals surface area (Å²) < 4.78 is 0. The Labute approximate surface area is 53.2 Å². The monoisotopic (exact) mass is 128 g/mol. The minimum atomic E-state index is -0.495. The molecule has 50 valence electrons. The molecule has 0 fully saturated rings. The Bertz CT molecular complexity index is 127. The van der Waals surface area contributed by atoms with Crippen LogP contribution in [-0.4, -0.2) is 24.2 Å². The molecule has 0 atom stereocenters. The lowest BCUT2D eigenvalue weighted by Crippen LogP contribution is -2.31. The molecular formula is C5H8N2O2. The summed E-state index contributed by atoms with van der Waals surface area (Å²) >= 11 is 0. The number of carbonyl (C=O) groups excluding carboxylic acids is 1. The molecule has 1 amide bonds. The molecule has 0 saturated carbocycles. The lowest BCUT2D eigenvalue weighted by atomic mass is 10.6. The molecule has 0 heterocycles. The van der Waals surface area contributed by atoms with E-state index >= 15 is 0 Å². The van der Waals surface area contributed by atoms with Gasteiger partial charge in [0.2, 0.25) is 0 Å². The lowest BCUT2D eigenvalue weighted by molar-refractivity contribution is -0.128. The van der Waals surface area contributed by atoms with Crippen molar-refractivity contribution in [3.05, 3.63) is 0 Å². The van der Waals surface area contributed by atoms with E-state index < -0.39 is 5.91 Å². The fraction of sp³-hybridized carbons (Fsp3) is 0.400. The normalized spacial score (nSPS) is 8.00. The first-order valence-electron chi connectivity index (χ1n) is 2.38. The zero-order valence-electron chi connectivity index (χ0n) is 4.85. The van der Waals surface area contributed by atoms with Crippen LogP contribution in [0.5, 0.6) is 0 Å². The SMILES string of the molecule is C#CCNCC(=O)NO. The van der Waals surface area contributed by atoms with Crippen molar-refractivity contribution in [1.29, 1.82) is 0 Å². The van der Waals surface area contributed by atoms with Gasteiger partial charge in [0.15, 0.2) is 0 Å². The fourth-order valence-corrected chi connectivity index (χ4v) is 0.288. The Hall–Kier alpha value is -1.05. The van der Waals surface area contributed by atoms with E-state index in [0.717, 1.165) is 0 Å². The van der Waals surface area contributed by atoms with Crippen LogP contribution in [0.1, 0.15) is 0 Å². The number of terminal acetylenes is 1. The Kier molecular flexibility index (Phi) is 4.50. The van der Waals surface area contributed by atoms with Crippen molar-refractivity contribution in [3.8, 4) is 12.3 Å². The van der Waals surface area contributed by atoms with Gasteiger partial charge < -0.3 is 0 Å². The average molecular weight is 128 g/mol. The average Bonchev–Trinajstić information content (AvgIpc) is 1.89. The first kappa shape index (κ1) is 7.95. The van der Waals surface area contributed by atoms with E-state index in [1.54, 1.807) is 0 Å². The van der Waals surface area contributed by atoms with Crippen molar-refractivity contribution < 1.29 is 10.0 Å². The molecule has 0 aromatic heterocycles. The smallest absolute Gasteiger partial charge is 0.257 e. The summed E-state index contributed by atoms with van der Waals surface area (Å²) in [6.45, 7) is 0.369. The van der Waals surface area contributed by atoms with Crippen LogP contribution in [-0.2, 0) is 4.79 Å². The molecule has 0 aliphatic carbocycles. The predicted octanol–water partition coefficient (Wildman–Crippen LogP) is -1.29. The number of rotatable bonds is 3. The highest BCUT2D eigenvalue weighted by Crippen LogP contribution is 1.58. The lowest BCUT2D eigenvalue weighted by Gasteiger charge is -1.95. The summed E-state index contributed by atoms with van der Waals surface area (Å²) in [5.41, 5.74) is 1.45. The molecule has 0 aliphatic rings. The van der Waals surface area contributed by atoms with Crippen molar-refractivity contribution in [3.63, 3.8) is 0 Å². The fourth-order valence-electron chi connectivity index (χ4n) is 0.288. The Morgan fingerprint density at radius 1 is 1.78 bits per heavy atom. The van der Waals surface area contributed by atoms with E-state index in [4.69, 9.17) is 11.6 Å². The van der Waals surface area contributed by atoms with Crippen molar-refractivity contribution in [1.82, 2.24) is 10.8 Å². The van der Waals surface area contributed by atoms with Crippen molar-refractivity contribution in [2.75, 3.05) is 13.1 Å². The van der Waals surface area contributed by atoms with Gasteiger partial charge in [-0.15, -0.1) is 6.42 Å². The number of hydrogen-bond acceptors (Lipinski definition) is 3. The largest absolute Gasteiger partial charge is 0.298 e. The van der Waals surface area contributed by atoms with Crippen LogP contribution in [0.3, 0.4) is 0 Å². The second kappa shape index (κ2) is 5.09. The van der Waals surface area contributed by atoms with Crippen LogP contribution < -0.4 is 10.8 Å². The third-order valence-electron chi connectivity index (χ3n) is 0.637. The molecule has 0 spiro atoms. The highest BCUT2D eigenvalue weighted by molar-refractivity contribution is 5.76. The molecule has 0 radical (unpaired) electrons. The summed E-state index contributed by atoms with van der Waals surface area (Å²) in [5, 5.41) is 10.5. The standard InChI is InChI=1S/C5H8N2O2/c1-2-3-6-4-5(8)7-9/h1,6,9H,3-4H2,(H,7,8). The minimum Gasteiger partial charge on any atom is -0.298 e. The Morgan fingerprint density at radius 2 is 2.44 bits per heavy atom. The molecule has 9 heavy (non-hydrogen) atoms. The van der Waals surface area contributed by atoms with Crippen LogP contribution >= 0.6 is 0 Å². The van der Waals surface area contributed by atoms with Gasteiger partial charge in [-0.3, -0.25) is 15.3 Å². The Balaban J connectivity index is 3.09. The van der Waals surface area contributed by atoms with Gasteiger partial charge in [0, 0.05) is 0 Å². The maximum Gasteiger partial charge on any atom is 0.257 e. The number of hydrogen-bond donors (Lipinski definition) is 3. The van der Waals surface area contributed by atoms with Gasteiger partial charge >= 0.3 is 0 Å². The molecule has 0 bridgehead atoms. The zero-order chi connectivity index (χ0) is 7.11. The van der Waals surface area contributed by atoms with Crippen LogP contribution in [0, 0.1) is 12.3 Å². The molecule has 4 nitrogen and oxygen atoms in total. The third-order valence-corrected chi connectivity index (χ3v) is 0.637. The highest BCUT2D eigenvalue weighted by Gasteiger charge is 1.93. The van der Waals surface area contributed by atoms with Gasteiger partial charge in [-0.1, -0.05) is 5.92 Å². The summed E-state index contributed by atoms with van der Waals surface area (Å²) in [4.78, 5) is 10.2. The van der Waals surface area contributed by atoms with E-state index in [2.05, 4.69) is 11.2 Å². The molecule has 0 unspecified atom stereocenters. The quantitative estimate of drug-likeness (QED) is 0.192. The Morgan fingerprint density at radius 3 is 2.89 bits per heavy atom. The van der Waals surface area contributed by atoms with E-state index in [-0.39, 0.29) is 6.54 Å². The van der Waals surface area contributed by atoms with Gasteiger partial charge in [-0.2, -0.15) is 0 Å². The molecular weight excluding hydrogens is 120 g/mol. The second-order valence-corrected chi connectivity index (χ2v) is 1.34. The number of nitrogens with one attached hydrogen (secondary N) is 2. The molecule has 0 saturated heterocycles. The number of hydroxylamine groups is 1. The summed E-state index contributed by atoms with van der Waals surface area (Å²) in [6.07, 6.45) is 4.85. The van der Waals surface area contributed by atoms with Gasteiger partial charge in [-0.25, -0.2) is 5.48 Å². The maximum absolute atomic E-state index is 10.2. The first-order chi connectivity index (χ1) is 4.31. The van der Waals surface area contributed by atoms with Crippen LogP contribution in [0.2, 0.25) is 0 Å². The molecule has 0 rings (SSSR count). The van der Waals surface area contributed by atoms with Crippen molar-refractivity contribution in [2.24, 2.45) is 0 Å². The number of carbonyl (C=O) groups is 1. The minimum absolute atomic E-state index is 0.0424. The van der Waals surface area contributed by atoms with Gasteiger partial charge in [0.1, 0.15) is 0 Å². The molecule has 4 heteroatoms. The predicted molar refractivity (Wildman–Crippen MR) is 31.6 cm³/mol. The van der Waals surface area contributed by atoms with Crippen LogP contribution in [0.15, 0.2) is 0 Å². The summed E-state index contributed by atoms with van der Waals surface area (Å²) in [7, 11) is 0. The van der Waals surface area contributed by atoms with Crippen LogP contribution in [0.4, 0.5) is 0 Å². The maximum atomic E-state index is 10.2. The molecule has 0 aromatic carbocycles. The molecule has 0 aromatic rings. The van der Waals surface area contributed by atoms with E-state index in [9.17, 15) is 4.79 Å². The topological polar surface area (TPSA) is 61.4 Å². The summed E-state index contributed by atoms with van der Waals surface area (Å²) in [5.74, 6) is 1.78. The van der Waals surface area contributed by atoms with Crippen molar-refractivity contribution in [2.45, 2.75) is 0 Å². The van der Waals surface area contributed by atoms with Crippen LogP contribution in [0.25, 0.3) is 0 Å². The highest BCUT2D eigenvalue weighted by atomic mass is 16.5. The van der Waals surface area contributed by atoms with E-state index in [1.807, 2.05) is 0 Å². The number of amides is 1. The molecule has 0 aliphatic heterocycles. The van der Waals surface area contributed by atoms with Gasteiger partial charge in [0.25, 0.3) is 5.91 Å². The first-order valence-corrected chi connectivity index (χ1v) is 2.38. The molecule has 3 N–H and O–H groups in total. The summed E-state index contributed by atoms with van der Waals surface area (Å²) in [6, 6.07) is 0. The second-order valence-electron chi connectivity index (χ2n) is 1.34. The van der Waals surface area contributed by atoms with Gasteiger partial charge in [0.05, 0.1) is 13.1 Å². The van der Waals surface area contributed by atoms with E-state index in [1.165, 1.54) is 5.48 Å². The van der Waals surface area contributed by atoms with E-state index in [0.29, 0.717) is 6.54 Å². The van der Waals surface area contributed by atoms with Crippen molar-refractivity contribution >= 4 is 5.91 Å². The van der Waals surface area contributed by atoms with Gasteiger partial charge in [-0.05, 0) is 0 Å². The zero-order valence-corrected chi connectivity index (χ0v) is 4.85. The third kappa shape index (κ3) is 4.81.